The Labute approximate surface area is 103 Å². The van der Waals surface area contributed by atoms with Gasteiger partial charge in [0.15, 0.2) is 6.19 Å². The van der Waals surface area contributed by atoms with Crippen molar-refractivity contribution in [3.05, 3.63) is 7.43 Å². The van der Waals surface area contributed by atoms with Crippen LogP contribution in [0.4, 0.5) is 0 Å². The molecule has 0 spiro atoms. The number of nitrogens with one attached hydrogen (secondary N) is 1. The van der Waals surface area contributed by atoms with E-state index in [1.807, 2.05) is 5.32 Å². The molecule has 0 aromatic carbocycles. The SMILES string of the molecule is CC(C)C(=O)CC#N.CC(C)C(=O)NC#N.[CH3-]. The van der Waals surface area contributed by atoms with Crippen molar-refractivity contribution in [1.82, 2.24) is 5.32 Å². The number of hydrogen-bond acceptors (Lipinski definition) is 4. The van der Waals surface area contributed by atoms with Gasteiger partial charge < -0.3 is 7.43 Å². The average molecular weight is 238 g/mol. The first kappa shape index (κ1) is 20.5. The second kappa shape index (κ2) is 12.2. The zero-order chi connectivity index (χ0) is 13.1. The molecule has 0 unspecified atom stereocenters. The first-order valence-electron chi connectivity index (χ1n) is 4.95. The summed E-state index contributed by atoms with van der Waals surface area (Å²) in [4.78, 5) is 20.9. The fraction of sp³-hybridized carbons (Fsp3) is 0.583. The van der Waals surface area contributed by atoms with Crippen molar-refractivity contribution in [2.45, 2.75) is 34.1 Å². The Bertz CT molecular complexity index is 277. The van der Waals surface area contributed by atoms with Gasteiger partial charge in [0.1, 0.15) is 5.78 Å². The third kappa shape index (κ3) is 14.1. The predicted octanol–water partition coefficient (Wildman–Crippen LogP) is 1.82. The maximum atomic E-state index is 10.5. The van der Waals surface area contributed by atoms with Crippen LogP contribution in [0.15, 0.2) is 0 Å². The molecule has 0 aromatic rings. The molecule has 17 heavy (non-hydrogen) atoms. The van der Waals surface area contributed by atoms with Gasteiger partial charge >= 0.3 is 0 Å². The minimum atomic E-state index is -0.229. The molecule has 1 amide bonds. The summed E-state index contributed by atoms with van der Waals surface area (Å²) in [7, 11) is 0. The fourth-order valence-electron chi connectivity index (χ4n) is 0.481. The number of ketones is 1. The third-order valence-corrected chi connectivity index (χ3v) is 1.60. The molecule has 0 aliphatic rings. The van der Waals surface area contributed by atoms with Crippen LogP contribution in [0.1, 0.15) is 34.1 Å². The standard InChI is InChI=1S/C6H9NO.C5H8N2O.CH3/c1-5(2)6(8)3-4-7;1-4(2)5(8)7-3-6;/h5H,3H2,1-2H3;4H,1-2H3,(H,7,8);1H3/q;;-1. The van der Waals surface area contributed by atoms with Gasteiger partial charge in [-0.2, -0.15) is 10.5 Å². The maximum absolute atomic E-state index is 10.5. The summed E-state index contributed by atoms with van der Waals surface area (Å²) in [6, 6.07) is 1.80. The van der Waals surface area contributed by atoms with Gasteiger partial charge in [0.2, 0.25) is 5.91 Å². The maximum Gasteiger partial charge on any atom is 0.235 e. The van der Waals surface area contributed by atoms with E-state index in [1.54, 1.807) is 40.0 Å². The van der Waals surface area contributed by atoms with Gasteiger partial charge in [-0.3, -0.25) is 14.9 Å². The molecule has 0 saturated carbocycles. The lowest BCUT2D eigenvalue weighted by molar-refractivity contribution is -0.123. The van der Waals surface area contributed by atoms with Crippen LogP contribution in [0.25, 0.3) is 0 Å². The molecule has 0 saturated heterocycles. The van der Waals surface area contributed by atoms with Crippen molar-refractivity contribution < 1.29 is 9.59 Å². The number of rotatable bonds is 3. The van der Waals surface area contributed by atoms with E-state index in [-0.39, 0.29) is 37.4 Å². The Morgan fingerprint density at radius 3 is 1.71 bits per heavy atom. The van der Waals surface area contributed by atoms with E-state index in [0.29, 0.717) is 0 Å². The van der Waals surface area contributed by atoms with Gasteiger partial charge in [-0.05, 0) is 0 Å². The molecule has 96 valence electrons. The molecule has 0 aliphatic heterocycles. The molecule has 0 aromatic heterocycles. The van der Waals surface area contributed by atoms with Gasteiger partial charge in [0, 0.05) is 11.8 Å². The lowest BCUT2D eigenvalue weighted by Gasteiger charge is -1.96. The second-order valence-electron chi connectivity index (χ2n) is 3.71. The average Bonchev–Trinajstić information content (AvgIpc) is 2.19. The summed E-state index contributed by atoms with van der Waals surface area (Å²) in [5, 5.41) is 17.9. The first-order chi connectivity index (χ1) is 7.36. The van der Waals surface area contributed by atoms with E-state index in [1.165, 1.54) is 0 Å². The highest BCUT2D eigenvalue weighted by Gasteiger charge is 2.04. The van der Waals surface area contributed by atoms with Crippen LogP contribution in [-0.2, 0) is 9.59 Å². The van der Waals surface area contributed by atoms with Crippen molar-refractivity contribution in [3.63, 3.8) is 0 Å². The van der Waals surface area contributed by atoms with E-state index in [4.69, 9.17) is 10.5 Å². The van der Waals surface area contributed by atoms with Gasteiger partial charge in [-0.15, -0.1) is 0 Å². The second-order valence-corrected chi connectivity index (χ2v) is 3.71. The molecule has 1 N–H and O–H groups in total. The van der Waals surface area contributed by atoms with E-state index >= 15 is 0 Å². The number of carbonyl (C=O) groups excluding carboxylic acids is 2. The summed E-state index contributed by atoms with van der Waals surface area (Å²) in [5.41, 5.74) is 0. The highest BCUT2D eigenvalue weighted by Crippen LogP contribution is 1.95. The monoisotopic (exact) mass is 238 g/mol. The molecular weight excluding hydrogens is 218 g/mol. The highest BCUT2D eigenvalue weighted by atomic mass is 16.1. The van der Waals surface area contributed by atoms with Crippen LogP contribution in [0.2, 0.25) is 0 Å². The molecule has 5 nitrogen and oxygen atoms in total. The number of hydrogen-bond donors (Lipinski definition) is 1. The molecule has 0 heterocycles. The topological polar surface area (TPSA) is 93.8 Å². The Balaban J connectivity index is -0.000000218. The zero-order valence-electron chi connectivity index (χ0n) is 11.1. The van der Waals surface area contributed by atoms with E-state index in [2.05, 4.69) is 0 Å². The molecule has 0 bridgehead atoms. The summed E-state index contributed by atoms with van der Waals surface area (Å²) < 4.78 is 0. The minimum Gasteiger partial charge on any atom is -0.358 e. The molecule has 0 aliphatic carbocycles. The van der Waals surface area contributed by atoms with E-state index in [9.17, 15) is 9.59 Å². The van der Waals surface area contributed by atoms with Crippen molar-refractivity contribution >= 4 is 11.7 Å². The summed E-state index contributed by atoms with van der Waals surface area (Å²) in [6.07, 6.45) is 1.60. The third-order valence-electron chi connectivity index (χ3n) is 1.60. The molecule has 0 rings (SSSR count). The van der Waals surface area contributed by atoms with Gasteiger partial charge in [-0.25, -0.2) is 0 Å². The summed E-state index contributed by atoms with van der Waals surface area (Å²) >= 11 is 0. The lowest BCUT2D eigenvalue weighted by atomic mass is 10.1. The van der Waals surface area contributed by atoms with Crippen LogP contribution < -0.4 is 5.32 Å². The molecule has 0 atom stereocenters. The van der Waals surface area contributed by atoms with E-state index < -0.39 is 0 Å². The van der Waals surface area contributed by atoms with Crippen LogP contribution >= 0.6 is 0 Å². The molecular formula is C12H20N3O2-. The van der Waals surface area contributed by atoms with Crippen molar-refractivity contribution in [3.8, 4) is 12.3 Å². The van der Waals surface area contributed by atoms with Gasteiger partial charge in [-0.1, -0.05) is 27.7 Å². The Morgan fingerprint density at radius 1 is 1.12 bits per heavy atom. The predicted molar refractivity (Wildman–Crippen MR) is 65.1 cm³/mol. The number of carbonyl (C=O) groups is 2. The molecule has 5 heteroatoms. The minimum absolute atomic E-state index is 0. The highest BCUT2D eigenvalue weighted by molar-refractivity contribution is 5.82. The lowest BCUT2D eigenvalue weighted by Crippen LogP contribution is -2.22. The number of Topliss-reactive ketones (excluding diaryl/α,β-unsaturated/α-hetero) is 1. The van der Waals surface area contributed by atoms with Crippen LogP contribution in [0, 0.1) is 42.0 Å². The number of amides is 1. The largest absolute Gasteiger partial charge is 0.358 e. The van der Waals surface area contributed by atoms with Crippen LogP contribution in [-0.4, -0.2) is 11.7 Å². The number of nitriles is 2. The summed E-state index contributed by atoms with van der Waals surface area (Å²) in [5.74, 6) is -0.302. The molecule has 0 radical (unpaired) electrons. The van der Waals surface area contributed by atoms with Crippen molar-refractivity contribution in [1.29, 1.82) is 10.5 Å². The summed E-state index contributed by atoms with van der Waals surface area (Å²) in [6.45, 7) is 7.04. The zero-order valence-corrected chi connectivity index (χ0v) is 11.1. The molecule has 0 fully saturated rings. The Morgan fingerprint density at radius 2 is 1.59 bits per heavy atom. The van der Waals surface area contributed by atoms with Crippen molar-refractivity contribution in [2.75, 3.05) is 0 Å². The van der Waals surface area contributed by atoms with Crippen molar-refractivity contribution in [2.24, 2.45) is 11.8 Å². The Hall–Kier alpha value is -1.88. The number of nitrogens with zero attached hydrogens (tertiary/aromatic N) is 2. The van der Waals surface area contributed by atoms with Gasteiger partial charge in [0.25, 0.3) is 0 Å². The normalized spacial score (nSPS) is 8.00. The smallest absolute Gasteiger partial charge is 0.235 e. The quantitative estimate of drug-likeness (QED) is 0.461. The van der Waals surface area contributed by atoms with Crippen LogP contribution in [0.3, 0.4) is 0 Å². The fourth-order valence-corrected chi connectivity index (χ4v) is 0.481. The van der Waals surface area contributed by atoms with E-state index in [0.717, 1.165) is 0 Å². The Kier molecular flexibility index (Phi) is 14.7. The first-order valence-corrected chi connectivity index (χ1v) is 4.95. The van der Waals surface area contributed by atoms with Gasteiger partial charge in [0.05, 0.1) is 12.5 Å². The van der Waals surface area contributed by atoms with Crippen LogP contribution in [0.5, 0.6) is 0 Å².